The van der Waals surface area contributed by atoms with Gasteiger partial charge in [0.05, 0.1) is 12.7 Å². The van der Waals surface area contributed by atoms with Crippen molar-refractivity contribution in [2.24, 2.45) is 0 Å². The number of hydrogen-bond acceptors (Lipinski definition) is 3. The number of rotatable bonds is 4. The highest BCUT2D eigenvalue weighted by molar-refractivity contribution is 9.10. The molecule has 6 heteroatoms. The van der Waals surface area contributed by atoms with Crippen molar-refractivity contribution in [3.05, 3.63) is 57.0 Å². The fourth-order valence-electron chi connectivity index (χ4n) is 2.08. The van der Waals surface area contributed by atoms with Crippen LogP contribution in [0.15, 0.2) is 40.9 Å². The molecule has 0 radical (unpaired) electrons. The molecule has 0 aliphatic heterocycles. The summed E-state index contributed by atoms with van der Waals surface area (Å²) in [6, 6.07) is 9.98. The number of phenolic OH excluding ortho intramolecular Hbond substituents is 1. The highest BCUT2D eigenvalue weighted by atomic mass is 79.9. The number of phenols is 1. The van der Waals surface area contributed by atoms with Crippen molar-refractivity contribution in [3.8, 4) is 11.5 Å². The molecule has 4 nitrogen and oxygen atoms in total. The quantitative estimate of drug-likeness (QED) is 0.864. The summed E-state index contributed by atoms with van der Waals surface area (Å²) in [7, 11) is 3.24. The van der Waals surface area contributed by atoms with E-state index in [0.717, 1.165) is 10.0 Å². The second kappa shape index (κ2) is 7.03. The maximum absolute atomic E-state index is 12.5. The molecule has 1 N–H and O–H groups in total. The van der Waals surface area contributed by atoms with Crippen LogP contribution < -0.4 is 4.74 Å². The molecule has 0 fully saturated rings. The third kappa shape index (κ3) is 3.72. The zero-order valence-corrected chi connectivity index (χ0v) is 14.5. The van der Waals surface area contributed by atoms with Gasteiger partial charge in [-0.25, -0.2) is 0 Å². The summed E-state index contributed by atoms with van der Waals surface area (Å²) in [6.45, 7) is 0.341. The van der Waals surface area contributed by atoms with Gasteiger partial charge < -0.3 is 14.7 Å². The van der Waals surface area contributed by atoms with E-state index in [9.17, 15) is 9.90 Å². The van der Waals surface area contributed by atoms with E-state index in [1.807, 2.05) is 18.2 Å². The number of ether oxygens (including phenoxy) is 1. The minimum Gasteiger partial charge on any atom is -0.507 e. The molecular weight excluding hydrogens is 370 g/mol. The van der Waals surface area contributed by atoms with E-state index in [1.165, 1.54) is 23.1 Å². The molecule has 0 atom stereocenters. The fourth-order valence-corrected chi connectivity index (χ4v) is 2.66. The number of aromatic hydroxyl groups is 1. The SMILES string of the molecule is COc1ccc(Br)cc1CN(C)C(=O)c1cc(Cl)ccc1O. The Balaban J connectivity index is 2.25. The van der Waals surface area contributed by atoms with Gasteiger partial charge in [-0.3, -0.25) is 4.79 Å². The highest BCUT2D eigenvalue weighted by Crippen LogP contribution is 2.26. The molecule has 116 valence electrons. The maximum atomic E-state index is 12.5. The van der Waals surface area contributed by atoms with Crippen LogP contribution in [-0.2, 0) is 6.54 Å². The second-order valence-electron chi connectivity index (χ2n) is 4.78. The summed E-state index contributed by atoms with van der Waals surface area (Å²) in [5.41, 5.74) is 1.03. The lowest BCUT2D eigenvalue weighted by atomic mass is 10.1. The topological polar surface area (TPSA) is 49.8 Å². The van der Waals surface area contributed by atoms with Crippen LogP contribution in [0.4, 0.5) is 0 Å². The standard InChI is InChI=1S/C16H15BrClNO3/c1-19(9-10-7-11(17)3-6-15(10)22-2)16(21)13-8-12(18)4-5-14(13)20/h3-8,20H,9H2,1-2H3. The first-order chi connectivity index (χ1) is 10.4. The predicted molar refractivity (Wildman–Crippen MR) is 89.6 cm³/mol. The Morgan fingerprint density at radius 3 is 2.73 bits per heavy atom. The van der Waals surface area contributed by atoms with E-state index < -0.39 is 0 Å². The second-order valence-corrected chi connectivity index (χ2v) is 6.13. The summed E-state index contributed by atoms with van der Waals surface area (Å²) in [5.74, 6) is 0.280. The van der Waals surface area contributed by atoms with E-state index in [2.05, 4.69) is 15.9 Å². The van der Waals surface area contributed by atoms with Crippen molar-refractivity contribution in [2.75, 3.05) is 14.2 Å². The molecule has 2 rings (SSSR count). The molecule has 0 unspecified atom stereocenters. The van der Waals surface area contributed by atoms with Gasteiger partial charge in [0.1, 0.15) is 11.5 Å². The molecule has 0 aromatic heterocycles. The van der Waals surface area contributed by atoms with Crippen molar-refractivity contribution in [2.45, 2.75) is 6.54 Å². The normalized spacial score (nSPS) is 10.4. The summed E-state index contributed by atoms with van der Waals surface area (Å²) in [5, 5.41) is 10.2. The first kappa shape index (κ1) is 16.6. The molecule has 0 spiro atoms. The van der Waals surface area contributed by atoms with E-state index in [0.29, 0.717) is 17.3 Å². The lowest BCUT2D eigenvalue weighted by Crippen LogP contribution is -2.26. The Hall–Kier alpha value is -1.72. The van der Waals surface area contributed by atoms with Crippen LogP contribution in [0.1, 0.15) is 15.9 Å². The number of carbonyl (C=O) groups is 1. The van der Waals surface area contributed by atoms with Crippen molar-refractivity contribution >= 4 is 33.4 Å². The summed E-state index contributed by atoms with van der Waals surface area (Å²) in [6.07, 6.45) is 0. The molecule has 0 saturated heterocycles. The van der Waals surface area contributed by atoms with Crippen LogP contribution in [0, 0.1) is 0 Å². The zero-order valence-electron chi connectivity index (χ0n) is 12.1. The monoisotopic (exact) mass is 383 g/mol. The largest absolute Gasteiger partial charge is 0.507 e. The average molecular weight is 385 g/mol. The summed E-state index contributed by atoms with van der Waals surface area (Å²) < 4.78 is 6.20. The van der Waals surface area contributed by atoms with Crippen LogP contribution >= 0.6 is 27.5 Å². The number of nitrogens with zero attached hydrogens (tertiary/aromatic N) is 1. The molecular formula is C16H15BrClNO3. The molecule has 0 aliphatic rings. The maximum Gasteiger partial charge on any atom is 0.257 e. The fraction of sp³-hybridized carbons (Fsp3) is 0.188. The van der Waals surface area contributed by atoms with E-state index >= 15 is 0 Å². The molecule has 2 aromatic carbocycles. The van der Waals surface area contributed by atoms with Gasteiger partial charge in [0.25, 0.3) is 5.91 Å². The molecule has 0 aliphatic carbocycles. The van der Waals surface area contributed by atoms with Gasteiger partial charge in [-0.1, -0.05) is 27.5 Å². The molecule has 0 saturated carbocycles. The number of carbonyl (C=O) groups excluding carboxylic acids is 1. The van der Waals surface area contributed by atoms with Gasteiger partial charge in [0, 0.05) is 28.7 Å². The van der Waals surface area contributed by atoms with Crippen molar-refractivity contribution < 1.29 is 14.6 Å². The number of benzene rings is 2. The van der Waals surface area contributed by atoms with E-state index in [-0.39, 0.29) is 17.2 Å². The van der Waals surface area contributed by atoms with Crippen molar-refractivity contribution in [1.82, 2.24) is 4.90 Å². The Kier molecular flexibility index (Phi) is 5.32. The van der Waals surface area contributed by atoms with E-state index in [1.54, 1.807) is 14.2 Å². The average Bonchev–Trinajstić information content (AvgIpc) is 2.49. The van der Waals surface area contributed by atoms with Crippen molar-refractivity contribution in [1.29, 1.82) is 0 Å². The zero-order chi connectivity index (χ0) is 16.3. The Bertz CT molecular complexity index is 706. The number of methoxy groups -OCH3 is 1. The Morgan fingerprint density at radius 2 is 2.05 bits per heavy atom. The number of hydrogen-bond donors (Lipinski definition) is 1. The Labute approximate surface area is 142 Å². The molecule has 22 heavy (non-hydrogen) atoms. The van der Waals surface area contributed by atoms with Gasteiger partial charge >= 0.3 is 0 Å². The van der Waals surface area contributed by atoms with Gasteiger partial charge in [-0.05, 0) is 36.4 Å². The van der Waals surface area contributed by atoms with E-state index in [4.69, 9.17) is 16.3 Å². The van der Waals surface area contributed by atoms with Crippen LogP contribution in [0.5, 0.6) is 11.5 Å². The van der Waals surface area contributed by atoms with Gasteiger partial charge in [0.15, 0.2) is 0 Å². The van der Waals surface area contributed by atoms with Crippen LogP contribution in [0.2, 0.25) is 5.02 Å². The molecule has 2 aromatic rings. The number of halogens is 2. The van der Waals surface area contributed by atoms with Gasteiger partial charge in [-0.15, -0.1) is 0 Å². The highest BCUT2D eigenvalue weighted by Gasteiger charge is 2.18. The van der Waals surface area contributed by atoms with Gasteiger partial charge in [0.2, 0.25) is 0 Å². The molecule has 0 bridgehead atoms. The third-order valence-corrected chi connectivity index (χ3v) is 3.91. The first-order valence-electron chi connectivity index (χ1n) is 6.48. The minimum absolute atomic E-state index is 0.0949. The van der Waals surface area contributed by atoms with Crippen LogP contribution in [0.25, 0.3) is 0 Å². The lowest BCUT2D eigenvalue weighted by Gasteiger charge is -2.19. The minimum atomic E-state index is -0.318. The summed E-state index contributed by atoms with van der Waals surface area (Å²) >= 11 is 9.29. The lowest BCUT2D eigenvalue weighted by molar-refractivity contribution is 0.0781. The molecule has 1 amide bonds. The summed E-state index contributed by atoms with van der Waals surface area (Å²) in [4.78, 5) is 14.0. The smallest absolute Gasteiger partial charge is 0.257 e. The number of amides is 1. The Morgan fingerprint density at radius 1 is 1.32 bits per heavy atom. The molecule has 0 heterocycles. The van der Waals surface area contributed by atoms with Gasteiger partial charge in [-0.2, -0.15) is 0 Å². The third-order valence-electron chi connectivity index (χ3n) is 3.19. The first-order valence-corrected chi connectivity index (χ1v) is 7.66. The van der Waals surface area contributed by atoms with Crippen LogP contribution in [0.3, 0.4) is 0 Å². The van der Waals surface area contributed by atoms with Crippen molar-refractivity contribution in [3.63, 3.8) is 0 Å². The van der Waals surface area contributed by atoms with Crippen LogP contribution in [-0.4, -0.2) is 30.1 Å². The predicted octanol–water partition coefficient (Wildman–Crippen LogP) is 4.09.